The van der Waals surface area contributed by atoms with Crippen molar-refractivity contribution in [3.05, 3.63) is 36.2 Å². The van der Waals surface area contributed by atoms with Gasteiger partial charge in [0.1, 0.15) is 11.8 Å². The van der Waals surface area contributed by atoms with Gasteiger partial charge in [-0.3, -0.25) is 4.79 Å². The van der Waals surface area contributed by atoms with E-state index in [9.17, 15) is 4.79 Å². The van der Waals surface area contributed by atoms with Crippen LogP contribution in [0.4, 0.5) is 5.69 Å². The molecule has 0 aliphatic carbocycles. The molecule has 0 spiro atoms. The van der Waals surface area contributed by atoms with Gasteiger partial charge in [-0.15, -0.1) is 0 Å². The predicted octanol–water partition coefficient (Wildman–Crippen LogP) is 1.47. The van der Waals surface area contributed by atoms with Crippen molar-refractivity contribution < 1.29 is 4.79 Å². The molecule has 0 aliphatic heterocycles. The van der Waals surface area contributed by atoms with Crippen molar-refractivity contribution >= 4 is 11.6 Å². The Kier molecular flexibility index (Phi) is 2.97. The Bertz CT molecular complexity index is 400. The first kappa shape index (κ1) is 9.93. The van der Waals surface area contributed by atoms with Crippen LogP contribution < -0.4 is 5.32 Å². The number of hydrogen-bond donors (Lipinski definition) is 1. The van der Waals surface area contributed by atoms with E-state index in [1.165, 1.54) is 12.3 Å². The van der Waals surface area contributed by atoms with Gasteiger partial charge in [0, 0.05) is 5.57 Å². The molecule has 70 valence electrons. The van der Waals surface area contributed by atoms with Crippen LogP contribution in [-0.4, -0.2) is 10.9 Å². The molecule has 4 nitrogen and oxygen atoms in total. The SMILES string of the molecule is C=C(C)C(=O)Nc1ccc(C#N)nc1. The highest BCUT2D eigenvalue weighted by molar-refractivity contribution is 6.02. The van der Waals surface area contributed by atoms with Gasteiger partial charge in [0.2, 0.25) is 0 Å². The van der Waals surface area contributed by atoms with Gasteiger partial charge in [0.05, 0.1) is 11.9 Å². The first-order valence-corrected chi connectivity index (χ1v) is 3.96. The van der Waals surface area contributed by atoms with E-state index in [2.05, 4.69) is 16.9 Å². The molecule has 1 amide bonds. The van der Waals surface area contributed by atoms with Crippen LogP contribution in [0.3, 0.4) is 0 Å². The smallest absolute Gasteiger partial charge is 0.250 e. The van der Waals surface area contributed by atoms with E-state index in [1.54, 1.807) is 13.0 Å². The number of aromatic nitrogens is 1. The van der Waals surface area contributed by atoms with Gasteiger partial charge in [0.15, 0.2) is 0 Å². The van der Waals surface area contributed by atoms with Gasteiger partial charge in [-0.1, -0.05) is 6.58 Å². The summed E-state index contributed by atoms with van der Waals surface area (Å²) in [5.41, 5.74) is 1.30. The van der Waals surface area contributed by atoms with Crippen LogP contribution in [0, 0.1) is 11.3 Å². The van der Waals surface area contributed by atoms with Crippen LogP contribution in [-0.2, 0) is 4.79 Å². The van der Waals surface area contributed by atoms with Crippen molar-refractivity contribution in [2.75, 3.05) is 5.32 Å². The minimum atomic E-state index is -0.253. The minimum Gasteiger partial charge on any atom is -0.321 e. The number of amides is 1. The number of nitriles is 1. The maximum atomic E-state index is 11.2. The number of carbonyl (C=O) groups excluding carboxylic acids is 1. The van der Waals surface area contributed by atoms with Crippen molar-refractivity contribution in [2.24, 2.45) is 0 Å². The topological polar surface area (TPSA) is 65.8 Å². The fourth-order valence-corrected chi connectivity index (χ4v) is 0.772. The van der Waals surface area contributed by atoms with E-state index < -0.39 is 0 Å². The van der Waals surface area contributed by atoms with Gasteiger partial charge in [-0.25, -0.2) is 4.98 Å². The summed E-state index contributed by atoms with van der Waals surface area (Å²) in [6.07, 6.45) is 1.43. The molecule has 4 heteroatoms. The molecule has 0 bridgehead atoms. The van der Waals surface area contributed by atoms with Gasteiger partial charge in [0.25, 0.3) is 5.91 Å². The Balaban J connectivity index is 2.75. The van der Waals surface area contributed by atoms with E-state index in [-0.39, 0.29) is 5.91 Å². The molecule has 0 aliphatic rings. The lowest BCUT2D eigenvalue weighted by Crippen LogP contribution is -2.11. The van der Waals surface area contributed by atoms with E-state index in [0.717, 1.165) is 0 Å². The average Bonchev–Trinajstić information content (AvgIpc) is 2.19. The Morgan fingerprint density at radius 1 is 1.64 bits per heavy atom. The highest BCUT2D eigenvalue weighted by atomic mass is 16.1. The molecule has 0 saturated carbocycles. The molecule has 0 aromatic carbocycles. The third-order valence-electron chi connectivity index (χ3n) is 1.52. The Morgan fingerprint density at radius 2 is 2.36 bits per heavy atom. The summed E-state index contributed by atoms with van der Waals surface area (Å²) in [7, 11) is 0. The molecule has 0 unspecified atom stereocenters. The van der Waals surface area contributed by atoms with Gasteiger partial charge in [-0.05, 0) is 19.1 Å². The van der Waals surface area contributed by atoms with Crippen LogP contribution in [0.2, 0.25) is 0 Å². The largest absolute Gasteiger partial charge is 0.321 e. The number of carbonyl (C=O) groups is 1. The molecule has 1 heterocycles. The normalized spacial score (nSPS) is 8.86. The average molecular weight is 187 g/mol. The van der Waals surface area contributed by atoms with Gasteiger partial charge < -0.3 is 5.32 Å². The van der Waals surface area contributed by atoms with E-state index in [0.29, 0.717) is 17.0 Å². The maximum Gasteiger partial charge on any atom is 0.250 e. The van der Waals surface area contributed by atoms with Crippen molar-refractivity contribution in [1.29, 1.82) is 5.26 Å². The molecule has 14 heavy (non-hydrogen) atoms. The lowest BCUT2D eigenvalue weighted by molar-refractivity contribution is -0.112. The van der Waals surface area contributed by atoms with Gasteiger partial charge >= 0.3 is 0 Å². The highest BCUT2D eigenvalue weighted by Gasteiger charge is 2.02. The second-order valence-electron chi connectivity index (χ2n) is 2.78. The molecule has 1 N–H and O–H groups in total. The highest BCUT2D eigenvalue weighted by Crippen LogP contribution is 2.06. The van der Waals surface area contributed by atoms with E-state index in [1.807, 2.05) is 6.07 Å². The van der Waals surface area contributed by atoms with E-state index >= 15 is 0 Å². The number of pyridine rings is 1. The Morgan fingerprint density at radius 3 is 2.79 bits per heavy atom. The molecule has 1 aromatic rings. The molecule has 0 atom stereocenters. The molecule has 0 radical (unpaired) electrons. The third kappa shape index (κ3) is 2.42. The number of anilines is 1. The fraction of sp³-hybridized carbons (Fsp3) is 0.100. The lowest BCUT2D eigenvalue weighted by Gasteiger charge is -2.02. The molecular formula is C10H9N3O. The zero-order chi connectivity index (χ0) is 10.6. The molecular weight excluding hydrogens is 178 g/mol. The quantitative estimate of drug-likeness (QED) is 0.713. The zero-order valence-electron chi connectivity index (χ0n) is 7.74. The monoisotopic (exact) mass is 187 g/mol. The second-order valence-corrected chi connectivity index (χ2v) is 2.78. The Hall–Kier alpha value is -2.15. The number of nitrogens with zero attached hydrogens (tertiary/aromatic N) is 2. The summed E-state index contributed by atoms with van der Waals surface area (Å²) >= 11 is 0. The lowest BCUT2D eigenvalue weighted by atomic mass is 10.3. The number of rotatable bonds is 2. The van der Waals surface area contributed by atoms with Gasteiger partial charge in [-0.2, -0.15) is 5.26 Å². The standard InChI is InChI=1S/C10H9N3O/c1-7(2)10(14)13-9-4-3-8(5-11)12-6-9/h3-4,6H,1H2,2H3,(H,13,14). The molecule has 1 rings (SSSR count). The van der Waals surface area contributed by atoms with E-state index in [4.69, 9.17) is 5.26 Å². The second kappa shape index (κ2) is 4.19. The zero-order valence-corrected chi connectivity index (χ0v) is 7.74. The van der Waals surface area contributed by atoms with Crippen LogP contribution in [0.25, 0.3) is 0 Å². The van der Waals surface area contributed by atoms with Crippen molar-refractivity contribution in [2.45, 2.75) is 6.92 Å². The van der Waals surface area contributed by atoms with Crippen molar-refractivity contribution in [3.8, 4) is 6.07 Å². The summed E-state index contributed by atoms with van der Waals surface area (Å²) in [6.45, 7) is 5.12. The summed E-state index contributed by atoms with van der Waals surface area (Å²) in [4.78, 5) is 15.0. The summed E-state index contributed by atoms with van der Waals surface area (Å²) in [5.74, 6) is -0.253. The first-order valence-electron chi connectivity index (χ1n) is 3.96. The van der Waals surface area contributed by atoms with Crippen LogP contribution >= 0.6 is 0 Å². The number of hydrogen-bond acceptors (Lipinski definition) is 3. The van der Waals surface area contributed by atoms with Crippen LogP contribution in [0.5, 0.6) is 0 Å². The molecule has 0 fully saturated rings. The van der Waals surface area contributed by atoms with Crippen molar-refractivity contribution in [1.82, 2.24) is 4.98 Å². The molecule has 1 aromatic heterocycles. The summed E-state index contributed by atoms with van der Waals surface area (Å²) < 4.78 is 0. The number of nitrogens with one attached hydrogen (secondary N) is 1. The Labute approximate surface area is 81.9 Å². The fourth-order valence-electron chi connectivity index (χ4n) is 0.772. The van der Waals surface area contributed by atoms with Crippen molar-refractivity contribution in [3.63, 3.8) is 0 Å². The predicted molar refractivity (Wildman–Crippen MR) is 52.4 cm³/mol. The first-order chi connectivity index (χ1) is 6.63. The van der Waals surface area contributed by atoms with Crippen LogP contribution in [0.1, 0.15) is 12.6 Å². The maximum absolute atomic E-state index is 11.2. The summed E-state index contributed by atoms with van der Waals surface area (Å²) in [6, 6.07) is 5.04. The third-order valence-corrected chi connectivity index (χ3v) is 1.52. The van der Waals surface area contributed by atoms with Crippen LogP contribution in [0.15, 0.2) is 30.5 Å². The minimum absolute atomic E-state index is 0.253. The summed E-state index contributed by atoms with van der Waals surface area (Å²) in [5, 5.41) is 11.1. The molecule has 0 saturated heterocycles.